The minimum atomic E-state index is -3.80. The number of nitro benzene ring substituents is 1. The lowest BCUT2D eigenvalue weighted by Crippen LogP contribution is -2.34. The molecule has 0 bridgehead atoms. The van der Waals surface area contributed by atoms with Gasteiger partial charge in [-0.05, 0) is 29.8 Å². The van der Waals surface area contributed by atoms with Gasteiger partial charge in [0.2, 0.25) is 10.0 Å². The standard InChI is InChI=1S/C15H14N4O6S/c16-26(24,25)13-7-1-10(2-8-13)9-17-14(20)15(21)18-11-3-5-12(6-4-11)19(22)23/h1-8H,9H2,(H,17,20)(H,18,21)(H2,16,24,25). The molecule has 2 aromatic rings. The lowest BCUT2D eigenvalue weighted by atomic mass is 10.2. The summed E-state index contributed by atoms with van der Waals surface area (Å²) in [5.41, 5.74) is 0.650. The van der Waals surface area contributed by atoms with Crippen molar-refractivity contribution in [3.63, 3.8) is 0 Å². The highest BCUT2D eigenvalue weighted by molar-refractivity contribution is 7.89. The number of amides is 2. The maximum atomic E-state index is 11.8. The Morgan fingerprint density at radius 2 is 1.58 bits per heavy atom. The van der Waals surface area contributed by atoms with Gasteiger partial charge in [-0.25, -0.2) is 13.6 Å². The van der Waals surface area contributed by atoms with Crippen LogP contribution in [0.5, 0.6) is 0 Å². The molecule has 0 atom stereocenters. The van der Waals surface area contributed by atoms with E-state index in [-0.39, 0.29) is 22.8 Å². The van der Waals surface area contributed by atoms with Crippen LogP contribution in [0.15, 0.2) is 53.4 Å². The van der Waals surface area contributed by atoms with Crippen molar-refractivity contribution in [3.05, 3.63) is 64.2 Å². The van der Waals surface area contributed by atoms with Gasteiger partial charge in [-0.15, -0.1) is 0 Å². The number of nitrogens with zero attached hydrogens (tertiary/aromatic N) is 1. The zero-order valence-corrected chi connectivity index (χ0v) is 14.0. The average molecular weight is 378 g/mol. The third kappa shape index (κ3) is 5.09. The van der Waals surface area contributed by atoms with Crippen LogP contribution in [0, 0.1) is 10.1 Å². The number of hydrogen-bond acceptors (Lipinski definition) is 6. The monoisotopic (exact) mass is 378 g/mol. The van der Waals surface area contributed by atoms with Crippen molar-refractivity contribution in [1.29, 1.82) is 0 Å². The van der Waals surface area contributed by atoms with Crippen LogP contribution >= 0.6 is 0 Å². The Kier molecular flexibility index (Phi) is 5.64. The molecule has 11 heteroatoms. The minimum Gasteiger partial charge on any atom is -0.344 e. The molecule has 2 aromatic carbocycles. The van der Waals surface area contributed by atoms with Gasteiger partial charge < -0.3 is 10.6 Å². The second kappa shape index (κ2) is 7.72. The molecular formula is C15H14N4O6S. The van der Waals surface area contributed by atoms with Crippen LogP contribution in [0.2, 0.25) is 0 Å². The number of benzene rings is 2. The SMILES string of the molecule is NS(=O)(=O)c1ccc(CNC(=O)C(=O)Nc2ccc([N+](=O)[O-])cc2)cc1. The smallest absolute Gasteiger partial charge is 0.313 e. The molecule has 0 saturated heterocycles. The molecule has 0 heterocycles. The fraction of sp³-hybridized carbons (Fsp3) is 0.0667. The van der Waals surface area contributed by atoms with E-state index in [0.29, 0.717) is 5.56 Å². The van der Waals surface area contributed by atoms with Gasteiger partial charge in [0.05, 0.1) is 9.82 Å². The van der Waals surface area contributed by atoms with E-state index in [1.807, 2.05) is 0 Å². The van der Waals surface area contributed by atoms with E-state index in [1.165, 1.54) is 48.5 Å². The van der Waals surface area contributed by atoms with Crippen LogP contribution in [0.1, 0.15) is 5.56 Å². The highest BCUT2D eigenvalue weighted by Gasteiger charge is 2.14. The van der Waals surface area contributed by atoms with Crippen molar-refractivity contribution in [2.45, 2.75) is 11.4 Å². The number of sulfonamides is 1. The zero-order valence-electron chi connectivity index (χ0n) is 13.2. The lowest BCUT2D eigenvalue weighted by molar-refractivity contribution is -0.384. The topological polar surface area (TPSA) is 162 Å². The summed E-state index contributed by atoms with van der Waals surface area (Å²) >= 11 is 0. The van der Waals surface area contributed by atoms with Gasteiger partial charge in [-0.1, -0.05) is 12.1 Å². The second-order valence-electron chi connectivity index (χ2n) is 5.13. The number of primary sulfonamides is 1. The fourth-order valence-corrected chi connectivity index (χ4v) is 2.43. The van der Waals surface area contributed by atoms with Crippen LogP contribution in [0.25, 0.3) is 0 Å². The van der Waals surface area contributed by atoms with Crippen molar-refractivity contribution < 1.29 is 22.9 Å². The van der Waals surface area contributed by atoms with Gasteiger partial charge in [0, 0.05) is 24.4 Å². The molecular weight excluding hydrogens is 364 g/mol. The maximum Gasteiger partial charge on any atom is 0.313 e. The van der Waals surface area contributed by atoms with E-state index in [2.05, 4.69) is 10.6 Å². The van der Waals surface area contributed by atoms with E-state index in [1.54, 1.807) is 0 Å². The Morgan fingerprint density at radius 3 is 2.08 bits per heavy atom. The van der Waals surface area contributed by atoms with Crippen LogP contribution in [-0.4, -0.2) is 25.2 Å². The van der Waals surface area contributed by atoms with Gasteiger partial charge in [-0.3, -0.25) is 19.7 Å². The molecule has 4 N–H and O–H groups in total. The Balaban J connectivity index is 1.90. The molecule has 0 unspecified atom stereocenters. The van der Waals surface area contributed by atoms with Crippen LogP contribution in [0.4, 0.5) is 11.4 Å². The highest BCUT2D eigenvalue weighted by atomic mass is 32.2. The third-order valence-corrected chi connectivity index (χ3v) is 4.18. The van der Waals surface area contributed by atoms with E-state index in [4.69, 9.17) is 5.14 Å². The summed E-state index contributed by atoms with van der Waals surface area (Å²) in [6.45, 7) is -0.00257. The van der Waals surface area contributed by atoms with Crippen molar-refractivity contribution in [1.82, 2.24) is 5.32 Å². The van der Waals surface area contributed by atoms with Gasteiger partial charge in [0.25, 0.3) is 5.69 Å². The van der Waals surface area contributed by atoms with E-state index in [9.17, 15) is 28.1 Å². The van der Waals surface area contributed by atoms with Gasteiger partial charge in [-0.2, -0.15) is 0 Å². The fourth-order valence-electron chi connectivity index (χ4n) is 1.91. The number of nitro groups is 1. The Bertz CT molecular complexity index is 939. The average Bonchev–Trinajstić information content (AvgIpc) is 2.59. The molecule has 0 radical (unpaired) electrons. The number of rotatable bonds is 5. The highest BCUT2D eigenvalue weighted by Crippen LogP contribution is 2.15. The summed E-state index contributed by atoms with van der Waals surface area (Å²) in [6, 6.07) is 10.5. The molecule has 0 aliphatic heterocycles. The molecule has 0 fully saturated rings. The number of non-ortho nitro benzene ring substituents is 1. The zero-order chi connectivity index (χ0) is 19.3. The lowest BCUT2D eigenvalue weighted by Gasteiger charge is -2.07. The first-order valence-electron chi connectivity index (χ1n) is 7.12. The molecule has 10 nitrogen and oxygen atoms in total. The van der Waals surface area contributed by atoms with E-state index in [0.717, 1.165) is 0 Å². The summed E-state index contributed by atoms with van der Waals surface area (Å²) in [4.78, 5) is 33.5. The maximum absolute atomic E-state index is 11.8. The predicted octanol–water partition coefficient (Wildman–Crippen LogP) is 0.497. The first-order chi connectivity index (χ1) is 12.2. The quantitative estimate of drug-likeness (QED) is 0.390. The molecule has 0 aromatic heterocycles. The first-order valence-corrected chi connectivity index (χ1v) is 8.67. The van der Waals surface area contributed by atoms with Crippen LogP contribution in [-0.2, 0) is 26.2 Å². The van der Waals surface area contributed by atoms with Gasteiger partial charge in [0.1, 0.15) is 0 Å². The number of nitrogens with one attached hydrogen (secondary N) is 2. The third-order valence-electron chi connectivity index (χ3n) is 3.25. The number of nitrogens with two attached hydrogens (primary N) is 1. The molecule has 0 spiro atoms. The van der Waals surface area contributed by atoms with Gasteiger partial charge >= 0.3 is 11.8 Å². The summed E-state index contributed by atoms with van der Waals surface area (Å²) in [7, 11) is -3.80. The van der Waals surface area contributed by atoms with E-state index >= 15 is 0 Å². The molecule has 0 aliphatic carbocycles. The van der Waals surface area contributed by atoms with Crippen molar-refractivity contribution in [3.8, 4) is 0 Å². The molecule has 2 rings (SSSR count). The number of carbonyl (C=O) groups excluding carboxylic acids is 2. The normalized spacial score (nSPS) is 10.8. The molecule has 136 valence electrons. The van der Waals surface area contributed by atoms with Crippen molar-refractivity contribution in [2.24, 2.45) is 5.14 Å². The minimum absolute atomic E-state index is 0.00257. The van der Waals surface area contributed by atoms with Crippen LogP contribution < -0.4 is 15.8 Å². The molecule has 0 saturated carbocycles. The first kappa shape index (κ1) is 19.0. The second-order valence-corrected chi connectivity index (χ2v) is 6.69. The Labute approximate surface area is 148 Å². The number of anilines is 1. The molecule has 2 amide bonds. The Hall–Kier alpha value is -3.31. The van der Waals surface area contributed by atoms with Crippen LogP contribution in [0.3, 0.4) is 0 Å². The largest absolute Gasteiger partial charge is 0.344 e. The summed E-state index contributed by atoms with van der Waals surface area (Å²) in [5.74, 6) is -1.86. The number of hydrogen-bond donors (Lipinski definition) is 3. The molecule has 26 heavy (non-hydrogen) atoms. The Morgan fingerprint density at radius 1 is 1.00 bits per heavy atom. The van der Waals surface area contributed by atoms with E-state index < -0.39 is 26.8 Å². The summed E-state index contributed by atoms with van der Waals surface area (Å²) in [6.07, 6.45) is 0. The summed E-state index contributed by atoms with van der Waals surface area (Å²) in [5, 5.41) is 20.2. The van der Waals surface area contributed by atoms with Gasteiger partial charge in [0.15, 0.2) is 0 Å². The van der Waals surface area contributed by atoms with Crippen molar-refractivity contribution >= 4 is 33.2 Å². The predicted molar refractivity (Wildman–Crippen MR) is 91.4 cm³/mol. The number of carbonyl (C=O) groups is 2. The van der Waals surface area contributed by atoms with Crippen molar-refractivity contribution in [2.75, 3.05) is 5.32 Å². The summed E-state index contributed by atoms with van der Waals surface area (Å²) < 4.78 is 22.3. The molecule has 0 aliphatic rings.